The van der Waals surface area contributed by atoms with Gasteiger partial charge in [0.2, 0.25) is 10.0 Å². The number of likely N-dealkylation sites (N-methyl/N-ethyl adjacent to an activating group) is 1. The van der Waals surface area contributed by atoms with E-state index in [9.17, 15) is 8.42 Å². The first-order valence-electron chi connectivity index (χ1n) is 9.03. The molecule has 7 nitrogen and oxygen atoms in total. The minimum absolute atomic E-state index is 0.0747. The van der Waals surface area contributed by atoms with E-state index in [4.69, 9.17) is 0 Å². The maximum absolute atomic E-state index is 13.0. The summed E-state index contributed by atoms with van der Waals surface area (Å²) >= 11 is 0. The summed E-state index contributed by atoms with van der Waals surface area (Å²) in [5, 5.41) is 1.04. The van der Waals surface area contributed by atoms with Gasteiger partial charge in [0.15, 0.2) is 0 Å². The van der Waals surface area contributed by atoms with Gasteiger partial charge in [0, 0.05) is 62.0 Å². The second-order valence-corrected chi connectivity index (χ2v) is 9.00. The number of aromatic amines is 1. The van der Waals surface area contributed by atoms with Crippen molar-refractivity contribution in [3.05, 3.63) is 49.1 Å². The Balaban J connectivity index is 1.64. The molecule has 4 heterocycles. The Morgan fingerprint density at radius 3 is 2.89 bits per heavy atom. The molecule has 0 aliphatic carbocycles. The fraction of sp³-hybridized carbons (Fsp3) is 0.368. The molecule has 0 aromatic carbocycles. The topological polar surface area (TPSA) is 82.2 Å². The normalized spacial score (nSPS) is 21.4. The Labute approximate surface area is 159 Å². The summed E-state index contributed by atoms with van der Waals surface area (Å²) in [4.78, 5) is 13.9. The molecule has 4 rings (SSSR count). The van der Waals surface area contributed by atoms with Crippen LogP contribution in [-0.2, 0) is 10.0 Å². The molecule has 1 fully saturated rings. The smallest absolute Gasteiger partial charge is 0.244 e. The van der Waals surface area contributed by atoms with E-state index in [0.717, 1.165) is 23.1 Å². The lowest BCUT2D eigenvalue weighted by Gasteiger charge is -2.42. The number of hydrogen-bond acceptors (Lipinski definition) is 5. The third kappa shape index (κ3) is 3.19. The van der Waals surface area contributed by atoms with Gasteiger partial charge in [0.1, 0.15) is 10.5 Å². The average Bonchev–Trinajstić information content (AvgIpc) is 3.17. The number of piperidine rings is 1. The summed E-state index contributed by atoms with van der Waals surface area (Å²) in [6.07, 6.45) is 7.47. The lowest BCUT2D eigenvalue weighted by Crippen LogP contribution is -2.52. The van der Waals surface area contributed by atoms with Gasteiger partial charge in [0.05, 0.1) is 0 Å². The minimum atomic E-state index is -3.54. The highest BCUT2D eigenvalue weighted by molar-refractivity contribution is 7.89. The number of hydrogen-bond donors (Lipinski definition) is 1. The Morgan fingerprint density at radius 1 is 1.26 bits per heavy atom. The van der Waals surface area contributed by atoms with Gasteiger partial charge in [-0.15, -0.1) is 0 Å². The number of pyridine rings is 2. The number of nitrogens with one attached hydrogen (secondary N) is 1. The zero-order valence-corrected chi connectivity index (χ0v) is 16.2. The Morgan fingerprint density at radius 2 is 2.11 bits per heavy atom. The molecule has 2 unspecified atom stereocenters. The van der Waals surface area contributed by atoms with Crippen molar-refractivity contribution in [2.75, 3.05) is 25.0 Å². The van der Waals surface area contributed by atoms with Crippen LogP contribution in [0.25, 0.3) is 11.0 Å². The molecule has 2 atom stereocenters. The number of sulfonamides is 1. The molecule has 0 spiro atoms. The molecule has 142 valence electrons. The van der Waals surface area contributed by atoms with Gasteiger partial charge in [-0.1, -0.05) is 6.92 Å². The summed E-state index contributed by atoms with van der Waals surface area (Å²) in [6.45, 7) is 3.16. The predicted molar refractivity (Wildman–Crippen MR) is 105 cm³/mol. The second kappa shape index (κ2) is 6.94. The van der Waals surface area contributed by atoms with Gasteiger partial charge in [0.25, 0.3) is 0 Å². The Bertz CT molecular complexity index is 1030. The maximum Gasteiger partial charge on any atom is 0.244 e. The van der Waals surface area contributed by atoms with Crippen molar-refractivity contribution in [3.8, 4) is 0 Å². The van der Waals surface area contributed by atoms with Gasteiger partial charge in [-0.2, -0.15) is 4.31 Å². The quantitative estimate of drug-likeness (QED) is 0.746. The number of H-pyrrole nitrogens is 1. The van der Waals surface area contributed by atoms with E-state index in [1.165, 1.54) is 6.20 Å². The monoisotopic (exact) mass is 385 g/mol. The second-order valence-electron chi connectivity index (χ2n) is 7.07. The largest absolute Gasteiger partial charge is 0.369 e. The molecule has 0 radical (unpaired) electrons. The molecule has 1 aliphatic rings. The van der Waals surface area contributed by atoms with Gasteiger partial charge >= 0.3 is 0 Å². The zero-order valence-electron chi connectivity index (χ0n) is 15.4. The van der Waals surface area contributed by atoms with Crippen molar-refractivity contribution in [1.82, 2.24) is 19.3 Å². The molecule has 0 amide bonds. The van der Waals surface area contributed by atoms with Crippen LogP contribution in [0.1, 0.15) is 13.3 Å². The molecule has 3 aromatic heterocycles. The number of anilines is 1. The standard InChI is InChI=1S/C19H23N5O2S/c1-14-7-11-24(27(25,26)15-4-3-8-20-12-15)13-18(14)23(2)17-6-10-22-19-16(17)5-9-21-19/h3-6,8-10,12,14,18H,7,11,13H2,1-2H3,(H,21,22). The maximum atomic E-state index is 13.0. The first-order chi connectivity index (χ1) is 13.0. The lowest BCUT2D eigenvalue weighted by atomic mass is 9.93. The zero-order chi connectivity index (χ0) is 19.0. The fourth-order valence-corrected chi connectivity index (χ4v) is 5.26. The van der Waals surface area contributed by atoms with Crippen molar-refractivity contribution in [1.29, 1.82) is 0 Å². The molecule has 27 heavy (non-hydrogen) atoms. The highest BCUT2D eigenvalue weighted by Gasteiger charge is 2.36. The third-order valence-corrected chi connectivity index (χ3v) is 7.32. The van der Waals surface area contributed by atoms with Gasteiger partial charge in [-0.25, -0.2) is 13.4 Å². The lowest BCUT2D eigenvalue weighted by molar-refractivity contribution is 0.247. The first-order valence-corrected chi connectivity index (χ1v) is 10.5. The van der Waals surface area contributed by atoms with Gasteiger partial charge in [-0.05, 0) is 36.6 Å². The van der Waals surface area contributed by atoms with Crippen LogP contribution in [0.3, 0.4) is 0 Å². The van der Waals surface area contributed by atoms with Crippen LogP contribution in [0.15, 0.2) is 53.9 Å². The molecule has 1 saturated heterocycles. The molecule has 1 N–H and O–H groups in total. The first kappa shape index (κ1) is 17.9. The van der Waals surface area contributed by atoms with E-state index >= 15 is 0 Å². The van der Waals surface area contributed by atoms with Crippen molar-refractivity contribution in [2.45, 2.75) is 24.3 Å². The summed E-state index contributed by atoms with van der Waals surface area (Å²) in [5.74, 6) is 0.373. The van der Waals surface area contributed by atoms with Crippen molar-refractivity contribution in [2.24, 2.45) is 5.92 Å². The fourth-order valence-electron chi connectivity index (χ4n) is 3.82. The van der Waals surface area contributed by atoms with Crippen LogP contribution < -0.4 is 4.90 Å². The van der Waals surface area contributed by atoms with Crippen LogP contribution in [0, 0.1) is 5.92 Å². The molecule has 0 saturated carbocycles. The van der Waals surface area contributed by atoms with Crippen molar-refractivity contribution < 1.29 is 8.42 Å². The van der Waals surface area contributed by atoms with Crippen LogP contribution in [0.4, 0.5) is 5.69 Å². The number of rotatable bonds is 4. The molecule has 3 aromatic rings. The van der Waals surface area contributed by atoms with Gasteiger partial charge < -0.3 is 9.88 Å². The van der Waals surface area contributed by atoms with E-state index in [1.807, 2.05) is 25.4 Å². The average molecular weight is 385 g/mol. The predicted octanol–water partition coefficient (Wildman–Crippen LogP) is 2.49. The number of aromatic nitrogens is 3. The molecular weight excluding hydrogens is 362 g/mol. The number of fused-ring (bicyclic) bond motifs is 1. The third-order valence-electron chi connectivity index (χ3n) is 5.47. The van der Waals surface area contributed by atoms with Gasteiger partial charge in [-0.3, -0.25) is 4.98 Å². The summed E-state index contributed by atoms with van der Waals surface area (Å²) in [6, 6.07) is 7.32. The molecule has 0 bridgehead atoms. The van der Waals surface area contributed by atoms with E-state index in [1.54, 1.807) is 28.8 Å². The molecule has 1 aliphatic heterocycles. The van der Waals surface area contributed by atoms with E-state index in [2.05, 4.69) is 26.8 Å². The summed E-state index contributed by atoms with van der Waals surface area (Å²) in [5.41, 5.74) is 1.89. The molecular formula is C19H23N5O2S. The Kier molecular flexibility index (Phi) is 4.61. The molecule has 8 heteroatoms. The summed E-state index contributed by atoms with van der Waals surface area (Å²) < 4.78 is 27.6. The van der Waals surface area contributed by atoms with Crippen molar-refractivity contribution >= 4 is 26.7 Å². The van der Waals surface area contributed by atoms with Crippen LogP contribution >= 0.6 is 0 Å². The Hall–Kier alpha value is -2.45. The summed E-state index contributed by atoms with van der Waals surface area (Å²) in [7, 11) is -1.51. The number of nitrogens with zero attached hydrogens (tertiary/aromatic N) is 4. The SMILES string of the molecule is CC1CCN(S(=O)(=O)c2cccnc2)CC1N(C)c1ccnc2[nH]ccc12. The van der Waals surface area contributed by atoms with E-state index in [0.29, 0.717) is 19.0 Å². The highest BCUT2D eigenvalue weighted by Crippen LogP contribution is 2.31. The minimum Gasteiger partial charge on any atom is -0.369 e. The van der Waals surface area contributed by atoms with Crippen LogP contribution in [-0.4, -0.2) is 53.9 Å². The van der Waals surface area contributed by atoms with Crippen molar-refractivity contribution in [3.63, 3.8) is 0 Å². The van der Waals surface area contributed by atoms with Crippen LogP contribution in [0.2, 0.25) is 0 Å². The highest BCUT2D eigenvalue weighted by atomic mass is 32.2. The van der Waals surface area contributed by atoms with E-state index < -0.39 is 10.0 Å². The van der Waals surface area contributed by atoms with Crippen LogP contribution in [0.5, 0.6) is 0 Å². The van der Waals surface area contributed by atoms with E-state index in [-0.39, 0.29) is 10.9 Å².